The first kappa shape index (κ1) is 18.4. The van der Waals surface area contributed by atoms with Gasteiger partial charge in [-0.05, 0) is 24.6 Å². The van der Waals surface area contributed by atoms with Gasteiger partial charge in [-0.2, -0.15) is 0 Å². The zero-order valence-corrected chi connectivity index (χ0v) is 15.0. The molecule has 0 unspecified atom stereocenters. The highest BCUT2D eigenvalue weighted by Gasteiger charge is 2.38. The molecule has 7 heteroatoms. The van der Waals surface area contributed by atoms with Crippen LogP contribution < -0.4 is 15.4 Å². The van der Waals surface area contributed by atoms with Crippen molar-refractivity contribution < 1.29 is 19.1 Å². The van der Waals surface area contributed by atoms with Crippen LogP contribution in [0, 0.1) is 0 Å². The number of ether oxygens (including phenoxy) is 1. The molecule has 140 valence electrons. The van der Waals surface area contributed by atoms with E-state index >= 15 is 0 Å². The number of nitrogens with one attached hydrogen (secondary N) is 2. The van der Waals surface area contributed by atoms with Crippen LogP contribution in [0.1, 0.15) is 12.5 Å². The number of hydrogen-bond donors (Lipinski definition) is 2. The quantitative estimate of drug-likeness (QED) is 0.735. The number of para-hydroxylation sites is 2. The molecule has 1 aliphatic heterocycles. The number of carbonyl (C=O) groups excluding carboxylic acids is 3. The predicted octanol–water partition coefficient (Wildman–Crippen LogP) is 2.19. The van der Waals surface area contributed by atoms with E-state index in [1.165, 1.54) is 0 Å². The summed E-state index contributed by atoms with van der Waals surface area (Å²) in [4.78, 5) is 37.9. The summed E-state index contributed by atoms with van der Waals surface area (Å²) in [6.45, 7) is 1.95. The molecule has 0 bridgehead atoms. The maximum absolute atomic E-state index is 12.5. The normalized spacial score (nSPS) is 16.2. The molecule has 2 aromatic carbocycles. The highest BCUT2D eigenvalue weighted by molar-refractivity contribution is 6.08. The number of urea groups is 1. The van der Waals surface area contributed by atoms with Gasteiger partial charge in [-0.1, -0.05) is 42.5 Å². The molecule has 1 atom stereocenters. The zero-order chi connectivity index (χ0) is 19.2. The third-order valence-corrected chi connectivity index (χ3v) is 4.15. The summed E-state index contributed by atoms with van der Waals surface area (Å²) in [6, 6.07) is 15.2. The van der Waals surface area contributed by atoms with Crippen LogP contribution >= 0.6 is 0 Å². The number of anilines is 1. The third-order valence-electron chi connectivity index (χ3n) is 4.15. The molecule has 2 N–H and O–H groups in total. The standard InChI is InChI=1S/C20H21N3O4/c1-2-27-17-11-7-6-10-15(17)21-18(24)13-23-19(25)16(22-20(23)26)12-14-8-4-3-5-9-14/h3-11,16H,2,12-13H2,1H3,(H,21,24)(H,22,26)/t16-/m0/s1. The Morgan fingerprint density at radius 1 is 1.11 bits per heavy atom. The number of nitrogens with zero attached hydrogens (tertiary/aromatic N) is 1. The van der Waals surface area contributed by atoms with Gasteiger partial charge in [0, 0.05) is 6.42 Å². The van der Waals surface area contributed by atoms with Crippen LogP contribution in [-0.2, 0) is 16.0 Å². The second kappa shape index (κ2) is 8.35. The van der Waals surface area contributed by atoms with Gasteiger partial charge in [-0.3, -0.25) is 14.5 Å². The Labute approximate surface area is 157 Å². The summed E-state index contributed by atoms with van der Waals surface area (Å²) in [7, 11) is 0. The van der Waals surface area contributed by atoms with Crippen LogP contribution in [0.4, 0.5) is 10.5 Å². The van der Waals surface area contributed by atoms with Gasteiger partial charge in [0.05, 0.1) is 12.3 Å². The molecule has 2 aromatic rings. The molecule has 0 aliphatic carbocycles. The highest BCUT2D eigenvalue weighted by atomic mass is 16.5. The highest BCUT2D eigenvalue weighted by Crippen LogP contribution is 2.23. The SMILES string of the molecule is CCOc1ccccc1NC(=O)CN1C(=O)N[C@@H](Cc2ccccc2)C1=O. The Balaban J connectivity index is 1.62. The Morgan fingerprint density at radius 3 is 2.56 bits per heavy atom. The van der Waals surface area contributed by atoms with E-state index in [2.05, 4.69) is 10.6 Å². The Kier molecular flexibility index (Phi) is 5.71. The number of benzene rings is 2. The maximum Gasteiger partial charge on any atom is 0.325 e. The Bertz CT molecular complexity index is 838. The average molecular weight is 367 g/mol. The minimum atomic E-state index is -0.664. The number of carbonyl (C=O) groups is 3. The van der Waals surface area contributed by atoms with Gasteiger partial charge >= 0.3 is 6.03 Å². The fourth-order valence-electron chi connectivity index (χ4n) is 2.90. The van der Waals surface area contributed by atoms with E-state index in [-0.39, 0.29) is 6.54 Å². The molecule has 4 amide bonds. The number of amides is 4. The van der Waals surface area contributed by atoms with E-state index < -0.39 is 23.9 Å². The van der Waals surface area contributed by atoms with Crippen molar-refractivity contribution in [2.75, 3.05) is 18.5 Å². The van der Waals surface area contributed by atoms with Crippen LogP contribution in [0.3, 0.4) is 0 Å². The molecular weight excluding hydrogens is 346 g/mol. The Hall–Kier alpha value is -3.35. The molecule has 0 spiro atoms. The van der Waals surface area contributed by atoms with Gasteiger partial charge in [0.1, 0.15) is 18.3 Å². The van der Waals surface area contributed by atoms with Gasteiger partial charge in [0.2, 0.25) is 5.91 Å². The van der Waals surface area contributed by atoms with Crippen molar-refractivity contribution in [3.05, 3.63) is 60.2 Å². The lowest BCUT2D eigenvalue weighted by atomic mass is 10.1. The summed E-state index contributed by atoms with van der Waals surface area (Å²) < 4.78 is 5.46. The van der Waals surface area contributed by atoms with Crippen molar-refractivity contribution in [3.8, 4) is 5.75 Å². The summed E-state index contributed by atoms with van der Waals surface area (Å²) >= 11 is 0. The van der Waals surface area contributed by atoms with Gasteiger partial charge in [-0.25, -0.2) is 4.79 Å². The van der Waals surface area contributed by atoms with Crippen molar-refractivity contribution in [1.29, 1.82) is 0 Å². The molecule has 1 aliphatic rings. The van der Waals surface area contributed by atoms with E-state index in [9.17, 15) is 14.4 Å². The molecule has 0 radical (unpaired) electrons. The van der Waals surface area contributed by atoms with Crippen molar-refractivity contribution in [1.82, 2.24) is 10.2 Å². The molecular formula is C20H21N3O4. The molecule has 0 aromatic heterocycles. The maximum atomic E-state index is 12.5. The van der Waals surface area contributed by atoms with E-state index in [4.69, 9.17) is 4.74 Å². The molecule has 3 rings (SSSR count). The first-order valence-electron chi connectivity index (χ1n) is 8.76. The summed E-state index contributed by atoms with van der Waals surface area (Å²) in [5.74, 6) is -0.337. The minimum Gasteiger partial charge on any atom is -0.492 e. The van der Waals surface area contributed by atoms with Crippen molar-refractivity contribution >= 4 is 23.5 Å². The van der Waals surface area contributed by atoms with Gasteiger partial charge in [0.25, 0.3) is 5.91 Å². The number of hydrogen-bond acceptors (Lipinski definition) is 4. The van der Waals surface area contributed by atoms with Crippen LogP contribution in [0.5, 0.6) is 5.75 Å². The monoisotopic (exact) mass is 367 g/mol. The first-order valence-corrected chi connectivity index (χ1v) is 8.76. The largest absolute Gasteiger partial charge is 0.492 e. The predicted molar refractivity (Wildman–Crippen MR) is 100 cm³/mol. The lowest BCUT2D eigenvalue weighted by molar-refractivity contribution is -0.130. The minimum absolute atomic E-state index is 0.351. The fourth-order valence-corrected chi connectivity index (χ4v) is 2.90. The van der Waals surface area contributed by atoms with Gasteiger partial charge < -0.3 is 15.4 Å². The second-order valence-corrected chi connectivity index (χ2v) is 6.09. The topological polar surface area (TPSA) is 87.7 Å². The van der Waals surface area contributed by atoms with Crippen molar-refractivity contribution in [3.63, 3.8) is 0 Å². The van der Waals surface area contributed by atoms with Gasteiger partial charge in [0.15, 0.2) is 0 Å². The fraction of sp³-hybridized carbons (Fsp3) is 0.250. The summed E-state index contributed by atoms with van der Waals surface area (Å²) in [5, 5.41) is 5.33. The van der Waals surface area contributed by atoms with Gasteiger partial charge in [-0.15, -0.1) is 0 Å². The molecule has 27 heavy (non-hydrogen) atoms. The van der Waals surface area contributed by atoms with E-state index in [0.29, 0.717) is 24.5 Å². The molecule has 7 nitrogen and oxygen atoms in total. The van der Waals surface area contributed by atoms with E-state index in [1.54, 1.807) is 24.3 Å². The van der Waals surface area contributed by atoms with Crippen LogP contribution in [0.15, 0.2) is 54.6 Å². The summed E-state index contributed by atoms with van der Waals surface area (Å²) in [5.41, 5.74) is 1.44. The zero-order valence-electron chi connectivity index (χ0n) is 15.0. The molecule has 0 saturated carbocycles. The smallest absolute Gasteiger partial charge is 0.325 e. The van der Waals surface area contributed by atoms with Crippen molar-refractivity contribution in [2.24, 2.45) is 0 Å². The lowest BCUT2D eigenvalue weighted by Crippen LogP contribution is -2.38. The molecule has 1 heterocycles. The van der Waals surface area contributed by atoms with Crippen LogP contribution in [0.25, 0.3) is 0 Å². The van der Waals surface area contributed by atoms with Crippen LogP contribution in [-0.4, -0.2) is 41.9 Å². The first-order chi connectivity index (χ1) is 13.1. The number of rotatable bonds is 7. The lowest BCUT2D eigenvalue weighted by Gasteiger charge is -2.15. The summed E-state index contributed by atoms with van der Waals surface area (Å²) in [6.07, 6.45) is 0.386. The second-order valence-electron chi connectivity index (χ2n) is 6.09. The van der Waals surface area contributed by atoms with E-state index in [1.807, 2.05) is 37.3 Å². The van der Waals surface area contributed by atoms with Crippen LogP contribution in [0.2, 0.25) is 0 Å². The molecule has 1 saturated heterocycles. The number of imide groups is 1. The van der Waals surface area contributed by atoms with E-state index in [0.717, 1.165) is 10.5 Å². The Morgan fingerprint density at radius 2 is 1.81 bits per heavy atom. The molecule has 1 fully saturated rings. The average Bonchev–Trinajstić information content (AvgIpc) is 2.92. The van der Waals surface area contributed by atoms with Crippen molar-refractivity contribution in [2.45, 2.75) is 19.4 Å². The third kappa shape index (κ3) is 4.44.